The molecule has 0 saturated carbocycles. The summed E-state index contributed by atoms with van der Waals surface area (Å²) < 4.78 is 1.43. The zero-order chi connectivity index (χ0) is 20.1. The first-order valence-corrected chi connectivity index (χ1v) is 9.05. The maximum Gasteiger partial charge on any atom is 0.325 e. The minimum absolute atomic E-state index is 0.0968. The number of hydrogen-bond donors (Lipinski definition) is 1. The Labute approximate surface area is 165 Å². The van der Waals surface area contributed by atoms with E-state index in [4.69, 9.17) is 11.6 Å². The molecule has 1 unspecified atom stereocenters. The molecule has 142 valence electrons. The van der Waals surface area contributed by atoms with Crippen molar-refractivity contribution in [2.45, 2.75) is 25.9 Å². The van der Waals surface area contributed by atoms with E-state index in [0.717, 1.165) is 10.5 Å². The van der Waals surface area contributed by atoms with Gasteiger partial charge in [0.2, 0.25) is 0 Å². The lowest BCUT2D eigenvalue weighted by Crippen LogP contribution is -2.40. The van der Waals surface area contributed by atoms with Gasteiger partial charge in [0, 0.05) is 17.3 Å². The highest BCUT2D eigenvalue weighted by Crippen LogP contribution is 2.30. The number of benzene rings is 1. The Balaban J connectivity index is 1.68. The van der Waals surface area contributed by atoms with Gasteiger partial charge < -0.3 is 5.32 Å². The first-order chi connectivity index (χ1) is 13.3. The van der Waals surface area contributed by atoms with Gasteiger partial charge in [0.25, 0.3) is 11.5 Å². The van der Waals surface area contributed by atoms with E-state index >= 15 is 0 Å². The van der Waals surface area contributed by atoms with Crippen LogP contribution in [0.25, 0.3) is 5.65 Å². The molecule has 4 rings (SSSR count). The van der Waals surface area contributed by atoms with Crippen molar-refractivity contribution in [3.8, 4) is 0 Å². The number of carbonyl (C=O) groups is 2. The van der Waals surface area contributed by atoms with Crippen LogP contribution < -0.4 is 10.9 Å². The van der Waals surface area contributed by atoms with Crippen LogP contribution in [0.4, 0.5) is 4.79 Å². The van der Waals surface area contributed by atoms with Gasteiger partial charge in [-0.1, -0.05) is 29.8 Å². The molecule has 1 saturated heterocycles. The normalized spacial score (nSPS) is 19.3. The molecule has 1 N–H and O–H groups in total. The Morgan fingerprint density at radius 3 is 2.68 bits per heavy atom. The van der Waals surface area contributed by atoms with Gasteiger partial charge >= 0.3 is 6.03 Å². The predicted octanol–water partition coefficient (Wildman–Crippen LogP) is 2.62. The summed E-state index contributed by atoms with van der Waals surface area (Å²) >= 11 is 6.03. The Hall–Kier alpha value is -3.19. The van der Waals surface area contributed by atoms with Crippen LogP contribution >= 0.6 is 11.6 Å². The largest absolute Gasteiger partial charge is 0.325 e. The monoisotopic (exact) mass is 396 g/mol. The highest BCUT2D eigenvalue weighted by molar-refractivity contribution is 6.30. The number of rotatable bonds is 3. The Kier molecular flexibility index (Phi) is 4.19. The van der Waals surface area contributed by atoms with E-state index in [-0.39, 0.29) is 12.1 Å². The smallest absolute Gasteiger partial charge is 0.319 e. The molecule has 2 aromatic heterocycles. The zero-order valence-corrected chi connectivity index (χ0v) is 16.0. The summed E-state index contributed by atoms with van der Waals surface area (Å²) in [5.41, 5.74) is 0.808. The third kappa shape index (κ3) is 2.93. The van der Waals surface area contributed by atoms with Crippen molar-refractivity contribution in [3.05, 3.63) is 80.9 Å². The van der Waals surface area contributed by atoms with E-state index in [1.165, 1.54) is 10.5 Å². The van der Waals surface area contributed by atoms with Crippen LogP contribution in [0.5, 0.6) is 0 Å². The number of aryl methyl sites for hydroxylation is 1. The van der Waals surface area contributed by atoms with Gasteiger partial charge in [0.15, 0.2) is 0 Å². The Morgan fingerprint density at radius 1 is 1.14 bits per heavy atom. The van der Waals surface area contributed by atoms with E-state index in [0.29, 0.717) is 21.9 Å². The van der Waals surface area contributed by atoms with Gasteiger partial charge in [-0.15, -0.1) is 0 Å². The summed E-state index contributed by atoms with van der Waals surface area (Å²) in [4.78, 5) is 43.4. The molecule has 0 aliphatic carbocycles. The highest BCUT2D eigenvalue weighted by atomic mass is 35.5. The number of fused-ring (bicyclic) bond motifs is 1. The molecule has 0 spiro atoms. The molecular weight excluding hydrogens is 380 g/mol. The summed E-state index contributed by atoms with van der Waals surface area (Å²) in [6.45, 7) is 3.41. The third-order valence-electron chi connectivity index (χ3n) is 4.86. The van der Waals surface area contributed by atoms with E-state index < -0.39 is 17.5 Å². The molecule has 1 aliphatic rings. The van der Waals surface area contributed by atoms with E-state index in [2.05, 4.69) is 10.3 Å². The van der Waals surface area contributed by atoms with Gasteiger partial charge in [-0.25, -0.2) is 9.78 Å². The number of nitrogens with one attached hydrogen (secondary N) is 1. The molecule has 0 bridgehead atoms. The summed E-state index contributed by atoms with van der Waals surface area (Å²) in [7, 11) is 0. The molecule has 1 aliphatic heterocycles. The van der Waals surface area contributed by atoms with Gasteiger partial charge in [-0.2, -0.15) is 0 Å². The lowest BCUT2D eigenvalue weighted by molar-refractivity contribution is -0.131. The molecule has 28 heavy (non-hydrogen) atoms. The zero-order valence-electron chi connectivity index (χ0n) is 15.3. The number of carbonyl (C=O) groups excluding carboxylic acids is 2. The fraction of sp³-hybridized carbons (Fsp3) is 0.200. The molecule has 1 fully saturated rings. The van der Waals surface area contributed by atoms with E-state index in [1.54, 1.807) is 43.5 Å². The third-order valence-corrected chi connectivity index (χ3v) is 5.09. The molecule has 0 radical (unpaired) electrons. The lowest BCUT2D eigenvalue weighted by atomic mass is 9.92. The summed E-state index contributed by atoms with van der Waals surface area (Å²) in [6.07, 6.45) is 1.69. The number of hydrogen-bond acceptors (Lipinski definition) is 4. The van der Waals surface area contributed by atoms with Crippen LogP contribution in [0.3, 0.4) is 0 Å². The van der Waals surface area contributed by atoms with Gasteiger partial charge in [0.05, 0.1) is 12.2 Å². The van der Waals surface area contributed by atoms with Gasteiger partial charge in [-0.3, -0.25) is 18.9 Å². The minimum Gasteiger partial charge on any atom is -0.319 e. The van der Waals surface area contributed by atoms with Crippen LogP contribution in [0, 0.1) is 6.92 Å². The van der Waals surface area contributed by atoms with Crippen molar-refractivity contribution < 1.29 is 9.59 Å². The summed E-state index contributed by atoms with van der Waals surface area (Å²) in [6, 6.07) is 11.2. The number of halogens is 1. The second-order valence-electron chi connectivity index (χ2n) is 6.98. The summed E-state index contributed by atoms with van der Waals surface area (Å²) in [5, 5.41) is 3.19. The molecule has 7 nitrogen and oxygen atoms in total. The Morgan fingerprint density at radius 2 is 1.93 bits per heavy atom. The average Bonchev–Trinajstić information content (AvgIpc) is 2.87. The van der Waals surface area contributed by atoms with Crippen molar-refractivity contribution in [2.24, 2.45) is 0 Å². The fourth-order valence-electron chi connectivity index (χ4n) is 3.34. The van der Waals surface area contributed by atoms with Crippen LogP contribution in [-0.2, 0) is 16.9 Å². The number of urea groups is 1. The topological polar surface area (TPSA) is 83.8 Å². The van der Waals surface area contributed by atoms with Gasteiger partial charge in [0.1, 0.15) is 11.2 Å². The fourth-order valence-corrected chi connectivity index (χ4v) is 3.53. The first kappa shape index (κ1) is 18.2. The molecule has 3 amide bonds. The second kappa shape index (κ2) is 6.45. The lowest BCUT2D eigenvalue weighted by Gasteiger charge is -2.22. The molecule has 8 heteroatoms. The van der Waals surface area contributed by atoms with Crippen LogP contribution in [0.2, 0.25) is 5.02 Å². The maximum absolute atomic E-state index is 13.0. The first-order valence-electron chi connectivity index (χ1n) is 8.67. The number of pyridine rings is 1. The van der Waals surface area contributed by atoms with Crippen molar-refractivity contribution in [3.63, 3.8) is 0 Å². The van der Waals surface area contributed by atoms with E-state index in [9.17, 15) is 14.4 Å². The standard InChI is InChI=1S/C20H17ClN4O3/c1-12-6-7-16-22-15(9-17(26)24(16)10-12)11-25-18(27)20(2,23-19(25)28)13-4-3-5-14(21)8-13/h3-10H,11H2,1-2H3,(H,23,28). The van der Waals surface area contributed by atoms with Gasteiger partial charge in [-0.05, 0) is 43.2 Å². The quantitative estimate of drug-likeness (QED) is 0.690. The number of aromatic nitrogens is 2. The van der Waals surface area contributed by atoms with Crippen molar-refractivity contribution in [1.29, 1.82) is 0 Å². The van der Waals surface area contributed by atoms with Crippen molar-refractivity contribution in [1.82, 2.24) is 19.6 Å². The summed E-state index contributed by atoms with van der Waals surface area (Å²) in [5.74, 6) is -0.425. The number of imide groups is 1. The number of amides is 3. The predicted molar refractivity (Wildman–Crippen MR) is 104 cm³/mol. The molecule has 3 heterocycles. The molecule has 1 aromatic carbocycles. The second-order valence-corrected chi connectivity index (χ2v) is 7.41. The Bertz CT molecular complexity index is 1190. The van der Waals surface area contributed by atoms with Crippen LogP contribution in [0.15, 0.2) is 53.5 Å². The maximum atomic E-state index is 13.0. The van der Waals surface area contributed by atoms with Crippen LogP contribution in [-0.4, -0.2) is 26.2 Å². The minimum atomic E-state index is -1.23. The van der Waals surface area contributed by atoms with E-state index in [1.807, 2.05) is 13.0 Å². The average molecular weight is 397 g/mol. The number of nitrogens with zero attached hydrogens (tertiary/aromatic N) is 3. The van der Waals surface area contributed by atoms with Crippen molar-refractivity contribution >= 4 is 29.2 Å². The molecule has 1 atom stereocenters. The SMILES string of the molecule is Cc1ccc2nc(CN3C(=O)NC(C)(c4cccc(Cl)c4)C3=O)cc(=O)n2c1. The molecule has 3 aromatic rings. The highest BCUT2D eigenvalue weighted by Gasteiger charge is 2.49. The molecular formula is C20H17ClN4O3. The van der Waals surface area contributed by atoms with Crippen molar-refractivity contribution in [2.75, 3.05) is 0 Å². The van der Waals surface area contributed by atoms with Crippen LogP contribution in [0.1, 0.15) is 23.7 Å².